The largest absolute Gasteiger partial charge is 0.432 e. The van der Waals surface area contributed by atoms with Gasteiger partial charge in [-0.05, 0) is 145 Å². The van der Waals surface area contributed by atoms with Crippen LogP contribution in [0.5, 0.6) is 11.5 Å². The minimum atomic E-state index is -4.15. The van der Waals surface area contributed by atoms with Crippen LogP contribution in [0.3, 0.4) is 0 Å². The van der Waals surface area contributed by atoms with Gasteiger partial charge in [-0.3, -0.25) is 0 Å². The molecule has 64 heavy (non-hydrogen) atoms. The highest BCUT2D eigenvalue weighted by Crippen LogP contribution is 2.41. The maximum atomic E-state index is 14.7. The summed E-state index contributed by atoms with van der Waals surface area (Å²) in [6, 6.07) is 30.1. The molecule has 0 aliphatic heterocycles. The average molecular weight is 885 g/mol. The van der Waals surface area contributed by atoms with Gasteiger partial charge in [0.25, 0.3) is 0 Å². The third-order valence-electron chi connectivity index (χ3n) is 12.7. The number of benzene rings is 6. The van der Waals surface area contributed by atoms with E-state index in [9.17, 15) is 35.1 Å². The Labute approximate surface area is 370 Å². The van der Waals surface area contributed by atoms with Crippen LogP contribution >= 0.6 is 0 Å². The molecule has 10 heteroatoms. The second-order valence-corrected chi connectivity index (χ2v) is 17.6. The van der Waals surface area contributed by atoms with Gasteiger partial charge in [-0.15, -0.1) is 0 Å². The average Bonchev–Trinajstić information content (AvgIpc) is 3.26. The molecule has 0 spiro atoms. The third-order valence-corrected chi connectivity index (χ3v) is 12.7. The van der Waals surface area contributed by atoms with E-state index in [0.717, 1.165) is 66.1 Å². The molecule has 0 aromatic heterocycles. The summed E-state index contributed by atoms with van der Waals surface area (Å²) in [5.74, 6) is -2.40. The van der Waals surface area contributed by atoms with Gasteiger partial charge in [-0.1, -0.05) is 118 Å². The molecule has 2 aliphatic carbocycles. The molecule has 6 aromatic rings. The SMILES string of the molecule is Cc1ccc(OC(F)(F)c2c(F)cc(-c3ccc(C4CCC(C)CC4)cc3)cc2F)cc1.Cc1ccc(OC(F)(F)c2ccc(-c3ccc(C4CCC(C)CC4)cc3)cc2F)cc1F. The van der Waals surface area contributed by atoms with Gasteiger partial charge in [0.15, 0.2) is 0 Å². The van der Waals surface area contributed by atoms with Crippen molar-refractivity contribution in [1.29, 1.82) is 0 Å². The first-order valence-corrected chi connectivity index (χ1v) is 21.9. The Morgan fingerprint density at radius 2 is 0.859 bits per heavy atom. The van der Waals surface area contributed by atoms with Crippen molar-refractivity contribution in [2.75, 3.05) is 0 Å². The molecule has 0 amide bonds. The van der Waals surface area contributed by atoms with E-state index in [-0.39, 0.29) is 17.1 Å². The summed E-state index contributed by atoms with van der Waals surface area (Å²) in [6.45, 7) is 7.85. The Balaban J connectivity index is 0.000000191. The molecule has 8 rings (SSSR count). The number of ether oxygens (including phenoxy) is 2. The van der Waals surface area contributed by atoms with Crippen LogP contribution in [0, 0.1) is 49.0 Å². The van der Waals surface area contributed by atoms with Crippen molar-refractivity contribution in [2.45, 2.75) is 103 Å². The van der Waals surface area contributed by atoms with Gasteiger partial charge in [0, 0.05) is 6.07 Å². The molecule has 0 N–H and O–H groups in total. The minimum Gasteiger partial charge on any atom is -0.429 e. The summed E-state index contributed by atoms with van der Waals surface area (Å²) < 4.78 is 125. The van der Waals surface area contributed by atoms with Gasteiger partial charge in [-0.2, -0.15) is 17.6 Å². The van der Waals surface area contributed by atoms with Crippen molar-refractivity contribution in [3.8, 4) is 33.8 Å². The van der Waals surface area contributed by atoms with Crippen LogP contribution in [0.15, 0.2) is 121 Å². The van der Waals surface area contributed by atoms with Crippen LogP contribution in [0.1, 0.15) is 110 Å². The normalized spacial score (nSPS) is 19.1. The van der Waals surface area contributed by atoms with Crippen molar-refractivity contribution < 1.29 is 44.6 Å². The van der Waals surface area contributed by atoms with Crippen molar-refractivity contribution in [3.63, 3.8) is 0 Å². The number of alkyl halides is 4. The molecule has 0 heterocycles. The summed E-state index contributed by atoms with van der Waals surface area (Å²) >= 11 is 0. The maximum absolute atomic E-state index is 14.7. The van der Waals surface area contributed by atoms with Gasteiger partial charge in [-0.25, -0.2) is 17.6 Å². The number of aryl methyl sites for hydroxylation is 2. The number of hydrogen-bond donors (Lipinski definition) is 0. The molecule has 2 nitrogen and oxygen atoms in total. The van der Waals surface area contributed by atoms with Crippen LogP contribution in [0.4, 0.5) is 35.1 Å². The summed E-state index contributed by atoms with van der Waals surface area (Å²) in [6.07, 6.45) is 1.37. The first-order valence-electron chi connectivity index (χ1n) is 21.9. The molecular formula is C54H52F8O2. The fraction of sp³-hybridized carbons (Fsp3) is 0.333. The first kappa shape index (κ1) is 46.4. The van der Waals surface area contributed by atoms with Gasteiger partial charge >= 0.3 is 12.2 Å². The zero-order valence-corrected chi connectivity index (χ0v) is 36.4. The van der Waals surface area contributed by atoms with E-state index in [1.54, 1.807) is 31.2 Å². The molecule has 0 bridgehead atoms. The van der Waals surface area contributed by atoms with E-state index >= 15 is 0 Å². The van der Waals surface area contributed by atoms with E-state index in [0.29, 0.717) is 28.5 Å². The van der Waals surface area contributed by atoms with Gasteiger partial charge in [0.05, 0.1) is 5.56 Å². The first-order chi connectivity index (χ1) is 30.5. The molecule has 0 atom stereocenters. The molecule has 6 aromatic carbocycles. The predicted molar refractivity (Wildman–Crippen MR) is 236 cm³/mol. The highest BCUT2D eigenvalue weighted by Gasteiger charge is 2.41. The number of halogens is 8. The van der Waals surface area contributed by atoms with E-state index in [1.807, 2.05) is 36.4 Å². The lowest BCUT2D eigenvalue weighted by Crippen LogP contribution is -2.25. The maximum Gasteiger partial charge on any atom is 0.432 e. The molecule has 2 fully saturated rings. The predicted octanol–water partition coefficient (Wildman–Crippen LogP) is 16.7. The molecule has 336 valence electrons. The Morgan fingerprint density at radius 1 is 0.422 bits per heavy atom. The Bertz CT molecular complexity index is 2480. The molecule has 0 unspecified atom stereocenters. The van der Waals surface area contributed by atoms with Crippen molar-refractivity contribution in [1.82, 2.24) is 0 Å². The molecule has 0 saturated heterocycles. The summed E-state index contributed by atoms with van der Waals surface area (Å²) in [5.41, 5.74) is 3.39. The lowest BCUT2D eigenvalue weighted by molar-refractivity contribution is -0.189. The van der Waals surface area contributed by atoms with E-state index < -0.39 is 46.6 Å². The Hall–Kier alpha value is -5.64. The zero-order valence-electron chi connectivity index (χ0n) is 36.4. The monoisotopic (exact) mass is 884 g/mol. The lowest BCUT2D eigenvalue weighted by atomic mass is 9.79. The van der Waals surface area contributed by atoms with Crippen molar-refractivity contribution >= 4 is 0 Å². The lowest BCUT2D eigenvalue weighted by Gasteiger charge is -2.26. The Kier molecular flexibility index (Phi) is 14.2. The van der Waals surface area contributed by atoms with Crippen LogP contribution in [0.25, 0.3) is 22.3 Å². The third kappa shape index (κ3) is 11.2. The van der Waals surface area contributed by atoms with Crippen molar-refractivity contribution in [3.05, 3.63) is 178 Å². The quantitative estimate of drug-likeness (QED) is 0.128. The topological polar surface area (TPSA) is 18.5 Å². The van der Waals surface area contributed by atoms with Crippen LogP contribution in [0.2, 0.25) is 0 Å². The van der Waals surface area contributed by atoms with Gasteiger partial charge in [0.2, 0.25) is 0 Å². The van der Waals surface area contributed by atoms with Crippen molar-refractivity contribution in [2.24, 2.45) is 11.8 Å². The molecule has 0 radical (unpaired) electrons. The second kappa shape index (κ2) is 19.6. The number of hydrogen-bond acceptors (Lipinski definition) is 2. The summed E-state index contributed by atoms with van der Waals surface area (Å²) in [4.78, 5) is 0. The summed E-state index contributed by atoms with van der Waals surface area (Å²) in [5, 5.41) is 0. The highest BCUT2D eigenvalue weighted by atomic mass is 19.3. The van der Waals surface area contributed by atoms with E-state index in [1.165, 1.54) is 86.9 Å². The van der Waals surface area contributed by atoms with E-state index in [2.05, 4.69) is 23.3 Å². The number of rotatable bonds is 10. The Morgan fingerprint density at radius 3 is 1.34 bits per heavy atom. The van der Waals surface area contributed by atoms with Crippen LogP contribution < -0.4 is 9.47 Å². The molecular weight excluding hydrogens is 833 g/mol. The highest BCUT2D eigenvalue weighted by molar-refractivity contribution is 5.65. The van der Waals surface area contributed by atoms with Crippen LogP contribution in [-0.2, 0) is 12.2 Å². The summed E-state index contributed by atoms with van der Waals surface area (Å²) in [7, 11) is 0. The standard InChI is InChI=1S/2C27H26F4O/c1-17-3-7-19(8-4-17)20-9-11-21(12-10-20)22-15-24(28)26(25(29)16-22)27(30,31)32-23-13-5-18(2)6-14-23;1-17-3-6-19(7-4-17)20-8-10-21(11-9-20)22-12-14-24(26(29)15-22)27(30,31)32-23-13-5-18(2)25(28)16-23/h5-6,9-17,19H,3-4,7-8H2,1-2H3;5,8-17,19H,3-4,6-7H2,1-2H3. The fourth-order valence-corrected chi connectivity index (χ4v) is 8.68. The second-order valence-electron chi connectivity index (χ2n) is 17.6. The molecule has 2 aliphatic rings. The van der Waals surface area contributed by atoms with Crippen LogP contribution in [-0.4, -0.2) is 0 Å². The van der Waals surface area contributed by atoms with Gasteiger partial charge in [0.1, 0.15) is 40.3 Å². The van der Waals surface area contributed by atoms with Gasteiger partial charge < -0.3 is 9.47 Å². The zero-order chi connectivity index (χ0) is 45.8. The smallest absolute Gasteiger partial charge is 0.429 e. The fourth-order valence-electron chi connectivity index (χ4n) is 8.68. The van der Waals surface area contributed by atoms with E-state index in [4.69, 9.17) is 0 Å². The minimum absolute atomic E-state index is 0.170. The molecule has 2 saturated carbocycles.